The lowest BCUT2D eigenvalue weighted by atomic mass is 10.0. The Labute approximate surface area is 135 Å². The Kier molecular flexibility index (Phi) is 4.20. The molecule has 2 aromatic carbocycles. The van der Waals surface area contributed by atoms with Gasteiger partial charge < -0.3 is 9.15 Å². The molecule has 0 aliphatic rings. The summed E-state index contributed by atoms with van der Waals surface area (Å²) in [5, 5.41) is 0.575. The summed E-state index contributed by atoms with van der Waals surface area (Å²) in [4.78, 5) is 12.8. The van der Waals surface area contributed by atoms with Crippen LogP contribution in [-0.4, -0.2) is 6.10 Å². The number of rotatable bonds is 4. The van der Waals surface area contributed by atoms with Crippen LogP contribution in [0.2, 0.25) is 0 Å². The van der Waals surface area contributed by atoms with E-state index in [2.05, 4.69) is 6.92 Å². The largest absolute Gasteiger partial charge is 0.491 e. The van der Waals surface area contributed by atoms with Gasteiger partial charge in [0.15, 0.2) is 0 Å². The van der Waals surface area contributed by atoms with Crippen molar-refractivity contribution < 1.29 is 9.15 Å². The van der Waals surface area contributed by atoms with Crippen molar-refractivity contribution in [3.8, 4) is 16.9 Å². The van der Waals surface area contributed by atoms with Gasteiger partial charge in [-0.1, -0.05) is 37.3 Å². The summed E-state index contributed by atoms with van der Waals surface area (Å²) in [6.07, 6.45) is 1.05. The zero-order chi connectivity index (χ0) is 16.4. The summed E-state index contributed by atoms with van der Waals surface area (Å²) in [6.45, 7) is 5.91. The molecular weight excluding hydrogens is 288 g/mol. The Hall–Kier alpha value is -2.55. The van der Waals surface area contributed by atoms with Crippen LogP contribution in [0.4, 0.5) is 0 Å². The number of aryl methyl sites for hydroxylation is 1. The van der Waals surface area contributed by atoms with Crippen LogP contribution in [0.1, 0.15) is 26.0 Å². The summed E-state index contributed by atoms with van der Waals surface area (Å²) >= 11 is 0. The molecule has 0 fully saturated rings. The average molecular weight is 308 g/mol. The predicted molar refractivity (Wildman–Crippen MR) is 93.0 cm³/mol. The third kappa shape index (κ3) is 3.00. The van der Waals surface area contributed by atoms with Crippen molar-refractivity contribution in [1.29, 1.82) is 0 Å². The second-order valence-electron chi connectivity index (χ2n) is 5.72. The SMILES string of the molecule is CCC(C)Oc1ccc2c(=O)c(-c3ccccc3)c(C)oc2c1. The van der Waals surface area contributed by atoms with Crippen LogP contribution in [0.3, 0.4) is 0 Å². The second-order valence-corrected chi connectivity index (χ2v) is 5.72. The fourth-order valence-electron chi connectivity index (χ4n) is 2.61. The van der Waals surface area contributed by atoms with Gasteiger partial charge in [0.25, 0.3) is 0 Å². The molecule has 0 amide bonds. The van der Waals surface area contributed by atoms with Crippen molar-refractivity contribution in [3.63, 3.8) is 0 Å². The van der Waals surface area contributed by atoms with E-state index in [0.29, 0.717) is 22.3 Å². The Morgan fingerprint density at radius 3 is 2.57 bits per heavy atom. The Morgan fingerprint density at radius 1 is 1.13 bits per heavy atom. The van der Waals surface area contributed by atoms with E-state index in [9.17, 15) is 4.79 Å². The maximum atomic E-state index is 12.8. The Morgan fingerprint density at radius 2 is 1.87 bits per heavy atom. The standard InChI is InChI=1S/C20H20O3/c1-4-13(2)22-16-10-11-17-18(12-16)23-14(3)19(20(17)21)15-8-6-5-7-9-15/h5-13H,4H2,1-3H3. The molecule has 1 heterocycles. The molecule has 118 valence electrons. The first kappa shape index (κ1) is 15.3. The third-order valence-electron chi connectivity index (χ3n) is 4.01. The van der Waals surface area contributed by atoms with Gasteiger partial charge >= 0.3 is 0 Å². The molecular formula is C20H20O3. The van der Waals surface area contributed by atoms with E-state index in [1.54, 1.807) is 12.1 Å². The maximum Gasteiger partial charge on any atom is 0.200 e. The Bertz CT molecular complexity index is 879. The summed E-state index contributed by atoms with van der Waals surface area (Å²) in [7, 11) is 0. The molecule has 0 spiro atoms. The van der Waals surface area contributed by atoms with Crippen LogP contribution in [0, 0.1) is 6.92 Å². The molecule has 3 rings (SSSR count). The highest BCUT2D eigenvalue weighted by atomic mass is 16.5. The van der Waals surface area contributed by atoms with Gasteiger partial charge in [-0.15, -0.1) is 0 Å². The first-order valence-corrected chi connectivity index (χ1v) is 7.89. The first-order chi connectivity index (χ1) is 11.1. The van der Waals surface area contributed by atoms with Crippen molar-refractivity contribution >= 4 is 11.0 Å². The number of fused-ring (bicyclic) bond motifs is 1. The van der Waals surface area contributed by atoms with Gasteiger partial charge in [0.1, 0.15) is 17.1 Å². The van der Waals surface area contributed by atoms with E-state index in [4.69, 9.17) is 9.15 Å². The van der Waals surface area contributed by atoms with Crippen molar-refractivity contribution in [2.75, 3.05) is 0 Å². The Balaban J connectivity index is 2.14. The number of benzene rings is 2. The van der Waals surface area contributed by atoms with E-state index in [1.807, 2.05) is 50.2 Å². The lowest BCUT2D eigenvalue weighted by Crippen LogP contribution is -2.10. The molecule has 3 nitrogen and oxygen atoms in total. The van der Waals surface area contributed by atoms with E-state index >= 15 is 0 Å². The summed E-state index contributed by atoms with van der Waals surface area (Å²) in [6, 6.07) is 15.0. The van der Waals surface area contributed by atoms with E-state index in [-0.39, 0.29) is 11.5 Å². The molecule has 3 aromatic rings. The van der Waals surface area contributed by atoms with Crippen LogP contribution < -0.4 is 10.2 Å². The van der Waals surface area contributed by atoms with Crippen LogP contribution >= 0.6 is 0 Å². The van der Waals surface area contributed by atoms with Crippen LogP contribution in [0.5, 0.6) is 5.75 Å². The third-order valence-corrected chi connectivity index (χ3v) is 4.01. The summed E-state index contributed by atoms with van der Waals surface area (Å²) in [5.74, 6) is 1.34. The molecule has 0 bridgehead atoms. The van der Waals surface area contributed by atoms with Crippen molar-refractivity contribution in [2.45, 2.75) is 33.3 Å². The highest BCUT2D eigenvalue weighted by Crippen LogP contribution is 2.26. The van der Waals surface area contributed by atoms with Crippen LogP contribution in [0.25, 0.3) is 22.1 Å². The fourth-order valence-corrected chi connectivity index (χ4v) is 2.61. The van der Waals surface area contributed by atoms with Gasteiger partial charge in [0.2, 0.25) is 5.43 Å². The summed E-state index contributed by atoms with van der Waals surface area (Å²) in [5.41, 5.74) is 2.05. The lowest BCUT2D eigenvalue weighted by Gasteiger charge is -2.13. The molecule has 23 heavy (non-hydrogen) atoms. The minimum atomic E-state index is -0.00922. The number of ether oxygens (including phenoxy) is 1. The van der Waals surface area contributed by atoms with E-state index in [1.165, 1.54) is 0 Å². The maximum absolute atomic E-state index is 12.8. The normalized spacial score (nSPS) is 12.3. The predicted octanol–water partition coefficient (Wildman–Crippen LogP) is 4.95. The smallest absolute Gasteiger partial charge is 0.200 e. The minimum Gasteiger partial charge on any atom is -0.491 e. The monoisotopic (exact) mass is 308 g/mol. The van der Waals surface area contributed by atoms with Crippen LogP contribution in [0.15, 0.2) is 57.7 Å². The van der Waals surface area contributed by atoms with Crippen LogP contribution in [-0.2, 0) is 0 Å². The fraction of sp³-hybridized carbons (Fsp3) is 0.250. The zero-order valence-corrected chi connectivity index (χ0v) is 13.6. The van der Waals surface area contributed by atoms with E-state index in [0.717, 1.165) is 17.7 Å². The van der Waals surface area contributed by atoms with E-state index < -0.39 is 0 Å². The number of hydrogen-bond acceptors (Lipinski definition) is 3. The molecule has 3 heteroatoms. The highest BCUT2D eigenvalue weighted by Gasteiger charge is 2.14. The average Bonchev–Trinajstić information content (AvgIpc) is 2.55. The molecule has 1 aromatic heterocycles. The molecule has 0 saturated heterocycles. The van der Waals surface area contributed by atoms with Gasteiger partial charge in [-0.25, -0.2) is 0 Å². The zero-order valence-electron chi connectivity index (χ0n) is 13.6. The molecule has 1 unspecified atom stereocenters. The molecule has 0 N–H and O–H groups in total. The molecule has 0 radical (unpaired) electrons. The van der Waals surface area contributed by atoms with Gasteiger partial charge in [0, 0.05) is 6.07 Å². The molecule has 0 saturated carbocycles. The quantitative estimate of drug-likeness (QED) is 0.685. The van der Waals surface area contributed by atoms with Crippen molar-refractivity contribution in [1.82, 2.24) is 0 Å². The van der Waals surface area contributed by atoms with Gasteiger partial charge in [0.05, 0.1) is 17.1 Å². The van der Waals surface area contributed by atoms with Gasteiger partial charge in [-0.05, 0) is 38.0 Å². The van der Waals surface area contributed by atoms with Crippen molar-refractivity contribution in [2.24, 2.45) is 0 Å². The summed E-state index contributed by atoms with van der Waals surface area (Å²) < 4.78 is 11.7. The second kappa shape index (κ2) is 6.29. The molecule has 0 aliphatic carbocycles. The van der Waals surface area contributed by atoms with Gasteiger partial charge in [-0.3, -0.25) is 4.79 Å². The van der Waals surface area contributed by atoms with Crippen molar-refractivity contribution in [3.05, 3.63) is 64.5 Å². The molecule has 1 atom stereocenters. The first-order valence-electron chi connectivity index (χ1n) is 7.89. The van der Waals surface area contributed by atoms with Gasteiger partial charge in [-0.2, -0.15) is 0 Å². The molecule has 0 aliphatic heterocycles. The number of hydrogen-bond donors (Lipinski definition) is 0. The highest BCUT2D eigenvalue weighted by molar-refractivity contribution is 5.83. The lowest BCUT2D eigenvalue weighted by molar-refractivity contribution is 0.217. The minimum absolute atomic E-state index is 0.00922. The topological polar surface area (TPSA) is 39.4 Å².